The maximum Gasteiger partial charge on any atom is 0.197 e. The van der Waals surface area contributed by atoms with Gasteiger partial charge in [-0.2, -0.15) is 0 Å². The van der Waals surface area contributed by atoms with Crippen molar-refractivity contribution in [1.29, 1.82) is 0 Å². The van der Waals surface area contributed by atoms with Crippen molar-refractivity contribution in [3.8, 4) is 12.0 Å². The monoisotopic (exact) mass is 267 g/mol. The third-order valence-electron chi connectivity index (χ3n) is 3.06. The first kappa shape index (κ1) is 11.8. The molecule has 19 heavy (non-hydrogen) atoms. The number of para-hydroxylation sites is 1. The second-order valence-corrected chi connectivity index (χ2v) is 4.64. The normalized spacial score (nSPS) is 10.4. The molecular formula is C16H10ClNO. The van der Waals surface area contributed by atoms with E-state index in [2.05, 4.69) is 12.0 Å². The van der Waals surface area contributed by atoms with E-state index in [0.717, 1.165) is 11.0 Å². The predicted molar refractivity (Wildman–Crippen MR) is 79.6 cm³/mol. The molecule has 0 saturated carbocycles. The first-order valence-corrected chi connectivity index (χ1v) is 6.26. The van der Waals surface area contributed by atoms with E-state index < -0.39 is 0 Å². The third kappa shape index (κ3) is 1.80. The number of hydrogen-bond donors (Lipinski definition) is 0. The molecule has 0 saturated heterocycles. The molecule has 0 atom stereocenters. The molecule has 1 aromatic heterocycles. The fraction of sp³-hybridized carbons (Fsp3) is 0.0625. The standard InChI is InChI=1S/C16H10ClNO/c1-2-9-18-14-6-4-3-5-12(14)16(19)13-10-11(17)7-8-15(13)18/h3-8,10H,1H3. The topological polar surface area (TPSA) is 22.0 Å². The van der Waals surface area contributed by atoms with Crippen molar-refractivity contribution < 1.29 is 0 Å². The summed E-state index contributed by atoms with van der Waals surface area (Å²) < 4.78 is 1.84. The van der Waals surface area contributed by atoms with Crippen molar-refractivity contribution in [1.82, 2.24) is 4.57 Å². The largest absolute Gasteiger partial charge is 0.288 e. The molecule has 0 aliphatic heterocycles. The Hall–Kier alpha value is -2.24. The lowest BCUT2D eigenvalue weighted by Gasteiger charge is -2.09. The van der Waals surface area contributed by atoms with Gasteiger partial charge in [-0.25, -0.2) is 0 Å². The summed E-state index contributed by atoms with van der Waals surface area (Å²) in [5.74, 6) is 2.88. The molecule has 0 bridgehead atoms. The van der Waals surface area contributed by atoms with Gasteiger partial charge in [0.2, 0.25) is 0 Å². The van der Waals surface area contributed by atoms with Gasteiger partial charge in [0.05, 0.1) is 11.0 Å². The predicted octanol–water partition coefficient (Wildman–Crippen LogP) is 3.64. The first-order chi connectivity index (χ1) is 9.22. The van der Waals surface area contributed by atoms with Crippen LogP contribution in [0.1, 0.15) is 6.92 Å². The molecular weight excluding hydrogens is 258 g/mol. The summed E-state index contributed by atoms with van der Waals surface area (Å²) in [6.45, 7) is 1.77. The van der Waals surface area contributed by atoms with Crippen molar-refractivity contribution in [2.24, 2.45) is 0 Å². The van der Waals surface area contributed by atoms with Gasteiger partial charge >= 0.3 is 0 Å². The zero-order chi connectivity index (χ0) is 13.4. The van der Waals surface area contributed by atoms with E-state index in [9.17, 15) is 4.79 Å². The Balaban J connectivity index is 2.68. The molecule has 1 heterocycles. The number of nitrogens with zero attached hydrogens (tertiary/aromatic N) is 1. The van der Waals surface area contributed by atoms with E-state index in [1.807, 2.05) is 34.9 Å². The molecule has 0 radical (unpaired) electrons. The minimum Gasteiger partial charge on any atom is -0.288 e. The highest BCUT2D eigenvalue weighted by Crippen LogP contribution is 2.21. The Morgan fingerprint density at radius 2 is 1.79 bits per heavy atom. The molecule has 0 aliphatic carbocycles. The molecule has 2 nitrogen and oxygen atoms in total. The fourth-order valence-electron chi connectivity index (χ4n) is 2.25. The van der Waals surface area contributed by atoms with Gasteiger partial charge in [-0.15, -0.1) is 0 Å². The van der Waals surface area contributed by atoms with Crippen LogP contribution in [0.3, 0.4) is 0 Å². The smallest absolute Gasteiger partial charge is 0.197 e. The van der Waals surface area contributed by atoms with Crippen LogP contribution in [0.15, 0.2) is 47.3 Å². The van der Waals surface area contributed by atoms with E-state index in [0.29, 0.717) is 15.8 Å². The van der Waals surface area contributed by atoms with Gasteiger partial charge in [0.25, 0.3) is 0 Å². The van der Waals surface area contributed by atoms with Gasteiger partial charge < -0.3 is 0 Å². The van der Waals surface area contributed by atoms with Gasteiger partial charge in [-0.3, -0.25) is 9.36 Å². The maximum absolute atomic E-state index is 12.5. The number of fused-ring (bicyclic) bond motifs is 2. The summed E-state index contributed by atoms with van der Waals surface area (Å²) in [7, 11) is 0. The molecule has 0 amide bonds. The number of halogens is 1. The molecule has 92 valence electrons. The van der Waals surface area contributed by atoms with Crippen molar-refractivity contribution in [3.63, 3.8) is 0 Å². The zero-order valence-corrected chi connectivity index (χ0v) is 11.0. The first-order valence-electron chi connectivity index (χ1n) is 5.88. The van der Waals surface area contributed by atoms with Gasteiger partial charge in [0, 0.05) is 21.8 Å². The lowest BCUT2D eigenvalue weighted by molar-refractivity contribution is 1.23. The van der Waals surface area contributed by atoms with Gasteiger partial charge in [-0.05, 0) is 37.3 Å². The highest BCUT2D eigenvalue weighted by atomic mass is 35.5. The molecule has 2 aromatic carbocycles. The number of pyridine rings is 1. The molecule has 3 heteroatoms. The van der Waals surface area contributed by atoms with Crippen LogP contribution in [0.5, 0.6) is 0 Å². The van der Waals surface area contributed by atoms with Crippen molar-refractivity contribution in [2.45, 2.75) is 6.92 Å². The summed E-state index contributed by atoms with van der Waals surface area (Å²) in [4.78, 5) is 12.5. The van der Waals surface area contributed by atoms with Crippen LogP contribution in [0.25, 0.3) is 21.8 Å². The average molecular weight is 268 g/mol. The number of aromatic nitrogens is 1. The molecule has 0 fully saturated rings. The molecule has 0 N–H and O–H groups in total. The minimum absolute atomic E-state index is 0.0118. The lowest BCUT2D eigenvalue weighted by atomic mass is 10.1. The van der Waals surface area contributed by atoms with Crippen LogP contribution in [-0.4, -0.2) is 4.57 Å². The molecule has 0 unspecified atom stereocenters. The maximum atomic E-state index is 12.5. The van der Waals surface area contributed by atoms with Gasteiger partial charge in [0.1, 0.15) is 0 Å². The summed E-state index contributed by atoms with van der Waals surface area (Å²) in [5, 5.41) is 1.80. The summed E-state index contributed by atoms with van der Waals surface area (Å²) >= 11 is 5.99. The summed E-state index contributed by atoms with van der Waals surface area (Å²) in [6.07, 6.45) is 0. The number of benzene rings is 2. The van der Waals surface area contributed by atoms with Gasteiger partial charge in [0.15, 0.2) is 5.43 Å². The Morgan fingerprint density at radius 1 is 1.05 bits per heavy atom. The quantitative estimate of drug-likeness (QED) is 0.450. The van der Waals surface area contributed by atoms with Gasteiger partial charge in [-0.1, -0.05) is 29.7 Å². The number of rotatable bonds is 0. The SMILES string of the molecule is CC#Cn1c2ccccc2c(=O)c2cc(Cl)ccc21. The summed E-state index contributed by atoms with van der Waals surface area (Å²) in [5.41, 5.74) is 1.58. The van der Waals surface area contributed by atoms with Crippen molar-refractivity contribution >= 4 is 33.4 Å². The third-order valence-corrected chi connectivity index (χ3v) is 3.29. The zero-order valence-electron chi connectivity index (χ0n) is 10.3. The van der Waals surface area contributed by atoms with E-state index in [-0.39, 0.29) is 5.43 Å². The second kappa shape index (κ2) is 4.46. The van der Waals surface area contributed by atoms with E-state index in [4.69, 9.17) is 11.6 Å². The fourth-order valence-corrected chi connectivity index (χ4v) is 2.42. The Kier molecular flexibility index (Phi) is 2.77. The van der Waals surface area contributed by atoms with E-state index >= 15 is 0 Å². The van der Waals surface area contributed by atoms with Crippen LogP contribution < -0.4 is 5.43 Å². The Bertz CT molecular complexity index is 913. The number of hydrogen-bond acceptors (Lipinski definition) is 1. The van der Waals surface area contributed by atoms with E-state index in [1.165, 1.54) is 0 Å². The summed E-state index contributed by atoms with van der Waals surface area (Å²) in [6, 6.07) is 15.8. The van der Waals surface area contributed by atoms with Crippen molar-refractivity contribution in [3.05, 3.63) is 57.7 Å². The van der Waals surface area contributed by atoms with Crippen molar-refractivity contribution in [2.75, 3.05) is 0 Å². The van der Waals surface area contributed by atoms with Crippen LogP contribution >= 0.6 is 11.6 Å². The molecule has 3 aromatic rings. The highest BCUT2D eigenvalue weighted by molar-refractivity contribution is 6.31. The van der Waals surface area contributed by atoms with Crippen LogP contribution in [0.4, 0.5) is 0 Å². The highest BCUT2D eigenvalue weighted by Gasteiger charge is 2.09. The average Bonchev–Trinajstić information content (AvgIpc) is 2.44. The Morgan fingerprint density at radius 3 is 2.58 bits per heavy atom. The van der Waals surface area contributed by atoms with Crippen LogP contribution in [0, 0.1) is 12.0 Å². The molecule has 3 rings (SSSR count). The van der Waals surface area contributed by atoms with Crippen LogP contribution in [0.2, 0.25) is 5.02 Å². The molecule has 0 aliphatic rings. The van der Waals surface area contributed by atoms with Crippen LogP contribution in [-0.2, 0) is 0 Å². The Labute approximate surface area is 115 Å². The minimum atomic E-state index is -0.0118. The van der Waals surface area contributed by atoms with E-state index in [1.54, 1.807) is 19.1 Å². The molecule has 0 spiro atoms. The lowest BCUT2D eigenvalue weighted by Crippen LogP contribution is -2.08. The second-order valence-electron chi connectivity index (χ2n) is 4.20.